The molecule has 0 saturated heterocycles. The van der Waals surface area contributed by atoms with Gasteiger partial charge < -0.3 is 5.11 Å². The van der Waals surface area contributed by atoms with Gasteiger partial charge in [-0.05, 0) is 43.6 Å². The Kier molecular flexibility index (Phi) is 3.60. The molecule has 0 aliphatic heterocycles. The van der Waals surface area contributed by atoms with Gasteiger partial charge in [0.1, 0.15) is 0 Å². The smallest absolute Gasteiger partial charge is 0.306 e. The molecule has 0 amide bonds. The fraction of sp³-hybridized carbons (Fsp3) is 0.500. The highest BCUT2D eigenvalue weighted by Gasteiger charge is 2.35. The van der Waals surface area contributed by atoms with Gasteiger partial charge in [-0.2, -0.15) is 0 Å². The van der Waals surface area contributed by atoms with Gasteiger partial charge in [0.2, 0.25) is 0 Å². The van der Waals surface area contributed by atoms with Crippen molar-refractivity contribution in [1.82, 2.24) is 0 Å². The number of aryl methyl sites for hydroxylation is 1. The van der Waals surface area contributed by atoms with E-state index in [4.69, 9.17) is 5.11 Å². The van der Waals surface area contributed by atoms with Crippen molar-refractivity contribution in [3.05, 3.63) is 35.9 Å². The highest BCUT2D eigenvalue weighted by molar-refractivity contribution is 5.71. The second-order valence-corrected chi connectivity index (χ2v) is 4.66. The van der Waals surface area contributed by atoms with Crippen LogP contribution in [0.15, 0.2) is 30.3 Å². The quantitative estimate of drug-likeness (QED) is 0.824. The first-order chi connectivity index (χ1) is 7.77. The molecule has 2 heteroatoms. The van der Waals surface area contributed by atoms with Crippen LogP contribution in [0.2, 0.25) is 0 Å². The van der Waals surface area contributed by atoms with Crippen LogP contribution in [-0.4, -0.2) is 11.1 Å². The summed E-state index contributed by atoms with van der Waals surface area (Å²) >= 11 is 0. The summed E-state index contributed by atoms with van der Waals surface area (Å²) < 4.78 is 0. The molecule has 1 saturated carbocycles. The number of hydrogen-bond acceptors (Lipinski definition) is 1. The normalized spacial score (nSPS) is 23.8. The van der Waals surface area contributed by atoms with Crippen LogP contribution in [0, 0.1) is 11.8 Å². The Hall–Kier alpha value is -1.31. The molecule has 1 aliphatic carbocycles. The minimum Gasteiger partial charge on any atom is -0.481 e. The van der Waals surface area contributed by atoms with Gasteiger partial charge in [-0.25, -0.2) is 0 Å². The van der Waals surface area contributed by atoms with Gasteiger partial charge in [-0.15, -0.1) is 0 Å². The molecule has 0 bridgehead atoms. The Morgan fingerprint density at radius 1 is 1.25 bits per heavy atom. The summed E-state index contributed by atoms with van der Waals surface area (Å²) in [6.07, 6.45) is 5.23. The molecule has 1 aliphatic rings. The summed E-state index contributed by atoms with van der Waals surface area (Å²) in [4.78, 5) is 10.8. The fourth-order valence-corrected chi connectivity index (χ4v) is 2.45. The van der Waals surface area contributed by atoms with E-state index in [9.17, 15) is 4.79 Å². The molecule has 2 atom stereocenters. The van der Waals surface area contributed by atoms with Gasteiger partial charge in [0.05, 0.1) is 5.92 Å². The number of benzene rings is 1. The van der Waals surface area contributed by atoms with Gasteiger partial charge in [-0.1, -0.05) is 30.3 Å². The van der Waals surface area contributed by atoms with Crippen LogP contribution < -0.4 is 0 Å². The lowest BCUT2D eigenvalue weighted by molar-refractivity contribution is -0.147. The summed E-state index contributed by atoms with van der Waals surface area (Å²) in [5.41, 5.74) is 1.36. The van der Waals surface area contributed by atoms with Crippen molar-refractivity contribution in [2.75, 3.05) is 0 Å². The van der Waals surface area contributed by atoms with Gasteiger partial charge in [0, 0.05) is 0 Å². The zero-order valence-electron chi connectivity index (χ0n) is 9.43. The average Bonchev–Trinajstić information content (AvgIpc) is 2.23. The number of carboxylic acid groups (broad SMARTS) is 1. The van der Waals surface area contributed by atoms with E-state index in [1.54, 1.807) is 0 Å². The van der Waals surface area contributed by atoms with E-state index in [0.717, 1.165) is 32.1 Å². The van der Waals surface area contributed by atoms with Crippen LogP contribution in [0.3, 0.4) is 0 Å². The van der Waals surface area contributed by atoms with Gasteiger partial charge in [0.25, 0.3) is 0 Å². The number of hydrogen-bond donors (Lipinski definition) is 1. The molecule has 1 fully saturated rings. The van der Waals surface area contributed by atoms with E-state index in [1.165, 1.54) is 5.56 Å². The number of carbonyl (C=O) groups is 1. The third-order valence-corrected chi connectivity index (χ3v) is 3.62. The molecule has 1 N–H and O–H groups in total. The maximum absolute atomic E-state index is 10.8. The minimum absolute atomic E-state index is 0.0595. The van der Waals surface area contributed by atoms with Crippen LogP contribution in [0.1, 0.15) is 31.2 Å². The van der Waals surface area contributed by atoms with Crippen molar-refractivity contribution in [3.63, 3.8) is 0 Å². The van der Waals surface area contributed by atoms with Crippen molar-refractivity contribution in [2.45, 2.75) is 32.1 Å². The van der Waals surface area contributed by atoms with Gasteiger partial charge in [0.15, 0.2) is 0 Å². The lowest BCUT2D eigenvalue weighted by Crippen LogP contribution is -2.32. The molecule has 1 aromatic rings. The van der Waals surface area contributed by atoms with Crippen LogP contribution in [-0.2, 0) is 11.2 Å². The van der Waals surface area contributed by atoms with Crippen LogP contribution in [0.5, 0.6) is 0 Å². The van der Waals surface area contributed by atoms with Crippen molar-refractivity contribution in [3.8, 4) is 0 Å². The zero-order valence-corrected chi connectivity index (χ0v) is 9.43. The maximum atomic E-state index is 10.8. The largest absolute Gasteiger partial charge is 0.481 e. The Morgan fingerprint density at radius 2 is 2.00 bits per heavy atom. The van der Waals surface area contributed by atoms with Crippen LogP contribution in [0.25, 0.3) is 0 Å². The third-order valence-electron chi connectivity index (χ3n) is 3.62. The van der Waals surface area contributed by atoms with Crippen molar-refractivity contribution < 1.29 is 9.90 Å². The van der Waals surface area contributed by atoms with E-state index in [0.29, 0.717) is 5.92 Å². The Balaban J connectivity index is 1.71. The van der Waals surface area contributed by atoms with E-state index >= 15 is 0 Å². The Morgan fingerprint density at radius 3 is 2.56 bits per heavy atom. The molecule has 0 aromatic heterocycles. The van der Waals surface area contributed by atoms with E-state index in [1.807, 2.05) is 6.07 Å². The summed E-state index contributed by atoms with van der Waals surface area (Å²) in [5, 5.41) is 8.92. The molecular formula is C14H18O2. The average molecular weight is 218 g/mol. The molecule has 2 nitrogen and oxygen atoms in total. The zero-order chi connectivity index (χ0) is 11.4. The lowest BCUT2D eigenvalue weighted by Gasteiger charge is -2.33. The molecule has 16 heavy (non-hydrogen) atoms. The second-order valence-electron chi connectivity index (χ2n) is 4.66. The molecule has 0 spiro atoms. The predicted molar refractivity (Wildman–Crippen MR) is 63.2 cm³/mol. The number of aliphatic carboxylic acids is 1. The molecule has 1 aromatic carbocycles. The third kappa shape index (κ3) is 2.63. The van der Waals surface area contributed by atoms with E-state index in [-0.39, 0.29) is 5.92 Å². The van der Waals surface area contributed by atoms with Crippen molar-refractivity contribution >= 4 is 5.97 Å². The van der Waals surface area contributed by atoms with Crippen LogP contribution >= 0.6 is 0 Å². The first kappa shape index (κ1) is 11.2. The van der Waals surface area contributed by atoms with Crippen LogP contribution in [0.4, 0.5) is 0 Å². The molecule has 86 valence electrons. The SMILES string of the molecule is O=C(O)C1CCC1CCCc1ccccc1. The molecule has 2 unspecified atom stereocenters. The topological polar surface area (TPSA) is 37.3 Å². The van der Waals surface area contributed by atoms with E-state index in [2.05, 4.69) is 24.3 Å². The highest BCUT2D eigenvalue weighted by atomic mass is 16.4. The first-order valence-corrected chi connectivity index (χ1v) is 6.04. The molecule has 0 radical (unpaired) electrons. The fourth-order valence-electron chi connectivity index (χ4n) is 2.45. The second kappa shape index (κ2) is 5.15. The monoisotopic (exact) mass is 218 g/mol. The van der Waals surface area contributed by atoms with Gasteiger partial charge >= 0.3 is 5.97 Å². The lowest BCUT2D eigenvalue weighted by atomic mass is 9.71. The maximum Gasteiger partial charge on any atom is 0.306 e. The van der Waals surface area contributed by atoms with Gasteiger partial charge in [-0.3, -0.25) is 4.79 Å². The summed E-state index contributed by atoms with van der Waals surface area (Å²) in [6.45, 7) is 0. The Labute approximate surface area is 96.3 Å². The number of rotatable bonds is 5. The Bertz CT molecular complexity index is 345. The summed E-state index contributed by atoms with van der Waals surface area (Å²) in [7, 11) is 0. The first-order valence-electron chi connectivity index (χ1n) is 6.04. The summed E-state index contributed by atoms with van der Waals surface area (Å²) in [5.74, 6) is -0.229. The molecule has 2 rings (SSSR count). The highest BCUT2D eigenvalue weighted by Crippen LogP contribution is 2.37. The summed E-state index contributed by atoms with van der Waals surface area (Å²) in [6, 6.07) is 10.4. The standard InChI is InChI=1S/C14H18O2/c15-14(16)13-10-9-12(13)8-4-7-11-5-2-1-3-6-11/h1-3,5-6,12-13H,4,7-10H2,(H,15,16). The number of carboxylic acids is 1. The molecular weight excluding hydrogens is 200 g/mol. The van der Waals surface area contributed by atoms with Crippen molar-refractivity contribution in [2.24, 2.45) is 11.8 Å². The predicted octanol–water partition coefficient (Wildman–Crippen LogP) is 3.12. The van der Waals surface area contributed by atoms with E-state index < -0.39 is 5.97 Å². The molecule has 0 heterocycles. The minimum atomic E-state index is -0.601. The van der Waals surface area contributed by atoms with Crippen molar-refractivity contribution in [1.29, 1.82) is 0 Å².